The van der Waals surface area contributed by atoms with Crippen LogP contribution in [0.1, 0.15) is 35.0 Å². The molecule has 6 atom stereocenters. The summed E-state index contributed by atoms with van der Waals surface area (Å²) >= 11 is 0. The van der Waals surface area contributed by atoms with E-state index in [-0.39, 0.29) is 52.6 Å². The Hall–Kier alpha value is -4.10. The van der Waals surface area contributed by atoms with Crippen molar-refractivity contribution >= 4 is 0 Å². The molecular weight excluding hydrogens is 576 g/mol. The average Bonchev–Trinajstić information content (AvgIpc) is 3.66. The minimum atomic E-state index is -1.36. The van der Waals surface area contributed by atoms with Crippen molar-refractivity contribution in [2.24, 2.45) is 11.8 Å². The molecule has 12 heteroatoms. The quantitative estimate of drug-likeness (QED) is 0.235. The first-order valence-corrected chi connectivity index (χ1v) is 14.0. The molecule has 0 spiro atoms. The van der Waals surface area contributed by atoms with Gasteiger partial charge in [0.25, 0.3) is 0 Å². The molecule has 0 bridgehead atoms. The fraction of sp³-hybridized carbons (Fsp3) is 0.438. The third-order valence-electron chi connectivity index (χ3n) is 8.26. The van der Waals surface area contributed by atoms with Gasteiger partial charge in [-0.25, -0.2) is 0 Å². The fourth-order valence-corrected chi connectivity index (χ4v) is 6.04. The lowest BCUT2D eigenvalue weighted by molar-refractivity contribution is -0.00302. The Morgan fingerprint density at radius 2 is 1.23 bits per heavy atom. The molecular formula is C32H38O12. The molecule has 3 aromatic rings. The van der Waals surface area contributed by atoms with E-state index in [1.54, 1.807) is 36.4 Å². The Morgan fingerprint density at radius 1 is 0.727 bits per heavy atom. The second-order valence-electron chi connectivity index (χ2n) is 10.5. The van der Waals surface area contributed by atoms with E-state index < -0.39 is 18.8 Å². The summed E-state index contributed by atoms with van der Waals surface area (Å²) in [6, 6.07) is 11.6. The molecule has 0 aromatic heterocycles. The highest BCUT2D eigenvalue weighted by atomic mass is 16.6. The van der Waals surface area contributed by atoms with Gasteiger partial charge in [-0.15, -0.1) is 0 Å². The van der Waals surface area contributed by atoms with Crippen molar-refractivity contribution in [1.82, 2.24) is 0 Å². The van der Waals surface area contributed by atoms with Crippen LogP contribution in [0.3, 0.4) is 0 Å². The molecule has 0 aliphatic carbocycles. The van der Waals surface area contributed by atoms with Gasteiger partial charge in [-0.3, -0.25) is 0 Å². The van der Waals surface area contributed by atoms with E-state index in [9.17, 15) is 20.4 Å². The summed E-state index contributed by atoms with van der Waals surface area (Å²) < 4.78 is 45.9. The van der Waals surface area contributed by atoms with Crippen LogP contribution in [0.25, 0.3) is 0 Å². The number of aromatic hydroxyl groups is 2. The topological polar surface area (TPSA) is 155 Å². The molecule has 4 N–H and O–H groups in total. The van der Waals surface area contributed by atoms with Crippen molar-refractivity contribution in [2.45, 2.75) is 24.4 Å². The summed E-state index contributed by atoms with van der Waals surface area (Å²) in [7, 11) is 7.29. The summed E-state index contributed by atoms with van der Waals surface area (Å²) in [4.78, 5) is 0. The molecule has 5 rings (SSSR count). The number of para-hydroxylation sites is 1. The number of phenols is 2. The first-order chi connectivity index (χ1) is 21.3. The molecule has 0 unspecified atom stereocenters. The Morgan fingerprint density at radius 3 is 1.68 bits per heavy atom. The van der Waals surface area contributed by atoms with Gasteiger partial charge >= 0.3 is 0 Å². The van der Waals surface area contributed by atoms with E-state index in [4.69, 9.17) is 37.9 Å². The van der Waals surface area contributed by atoms with Crippen LogP contribution in [0.2, 0.25) is 0 Å². The van der Waals surface area contributed by atoms with E-state index in [2.05, 4.69) is 0 Å². The largest absolute Gasteiger partial charge is 0.504 e. The smallest absolute Gasteiger partial charge is 0.204 e. The predicted octanol–water partition coefficient (Wildman–Crippen LogP) is 3.69. The molecule has 2 aliphatic heterocycles. The summed E-state index contributed by atoms with van der Waals surface area (Å²) in [6.07, 6.45) is -3.17. The number of methoxy groups -OCH3 is 5. The number of rotatable bonds is 12. The minimum absolute atomic E-state index is 0.00258. The summed E-state index contributed by atoms with van der Waals surface area (Å²) in [5, 5.41) is 41.8. The van der Waals surface area contributed by atoms with Gasteiger partial charge in [0.15, 0.2) is 40.6 Å². The molecule has 2 aliphatic rings. The summed E-state index contributed by atoms with van der Waals surface area (Å²) in [5.74, 6) is 1.23. The average molecular weight is 615 g/mol. The van der Waals surface area contributed by atoms with Gasteiger partial charge in [-0.2, -0.15) is 0 Å². The highest BCUT2D eigenvalue weighted by Crippen LogP contribution is 2.53. The number of benzene rings is 3. The Kier molecular flexibility index (Phi) is 9.45. The first-order valence-electron chi connectivity index (χ1n) is 14.0. The Labute approximate surface area is 255 Å². The van der Waals surface area contributed by atoms with Gasteiger partial charge in [-0.05, 0) is 41.5 Å². The number of hydrogen-bond acceptors (Lipinski definition) is 12. The highest BCUT2D eigenvalue weighted by Gasteiger charge is 2.49. The second kappa shape index (κ2) is 13.3. The van der Waals surface area contributed by atoms with Gasteiger partial charge in [0.05, 0.1) is 67.6 Å². The third-order valence-corrected chi connectivity index (χ3v) is 8.26. The molecule has 44 heavy (non-hydrogen) atoms. The maximum atomic E-state index is 11.1. The third kappa shape index (κ3) is 5.61. The van der Waals surface area contributed by atoms with Crippen molar-refractivity contribution in [1.29, 1.82) is 0 Å². The molecule has 12 nitrogen and oxygen atoms in total. The van der Waals surface area contributed by atoms with Crippen molar-refractivity contribution in [3.63, 3.8) is 0 Å². The van der Waals surface area contributed by atoms with E-state index in [1.165, 1.54) is 41.6 Å². The van der Waals surface area contributed by atoms with Crippen LogP contribution in [0.15, 0.2) is 42.5 Å². The molecule has 0 radical (unpaired) electrons. The number of phenolic OH excluding ortho intramolecular Hbond substituents is 2. The zero-order valence-corrected chi connectivity index (χ0v) is 25.2. The maximum Gasteiger partial charge on any atom is 0.204 e. The standard InChI is InChI=1S/C32H38O12/c1-37-22-9-16(10-23(38-2)28(22)36)29-19-14-43-30(20(19)15-42-29)17-11-24(39-3)32(25(12-17)40-4)44-26(13-33)27(35)18-7-6-8-21(34)31(18)41-5/h6-12,19-20,26-27,29-30,33-36H,13-15H2,1-5H3/t19-,20-,26+,27-,29+,30+/m1/s1. The van der Waals surface area contributed by atoms with Crippen molar-refractivity contribution < 1.29 is 58.3 Å². The minimum Gasteiger partial charge on any atom is -0.504 e. The first kappa shape index (κ1) is 31.3. The normalized spacial score (nSPS) is 22.2. The lowest BCUT2D eigenvalue weighted by atomic mass is 9.84. The van der Waals surface area contributed by atoms with Crippen LogP contribution in [0.5, 0.6) is 46.0 Å². The maximum absolute atomic E-state index is 11.1. The Bertz CT molecular complexity index is 1410. The monoisotopic (exact) mass is 614 g/mol. The highest BCUT2D eigenvalue weighted by molar-refractivity contribution is 5.56. The number of hydrogen-bond donors (Lipinski definition) is 4. The molecule has 2 heterocycles. The van der Waals surface area contributed by atoms with E-state index >= 15 is 0 Å². The van der Waals surface area contributed by atoms with Crippen LogP contribution in [-0.4, -0.2) is 81.9 Å². The van der Waals surface area contributed by atoms with Gasteiger partial charge in [0.1, 0.15) is 6.10 Å². The molecule has 2 saturated heterocycles. The molecule has 0 amide bonds. The van der Waals surface area contributed by atoms with Gasteiger partial charge in [-0.1, -0.05) is 12.1 Å². The van der Waals surface area contributed by atoms with Crippen LogP contribution in [-0.2, 0) is 9.47 Å². The second-order valence-corrected chi connectivity index (χ2v) is 10.5. The molecule has 0 saturated carbocycles. The predicted molar refractivity (Wildman–Crippen MR) is 156 cm³/mol. The van der Waals surface area contributed by atoms with Crippen LogP contribution in [0.4, 0.5) is 0 Å². The van der Waals surface area contributed by atoms with Gasteiger partial charge in [0, 0.05) is 17.4 Å². The lowest BCUT2D eigenvalue weighted by Crippen LogP contribution is -2.30. The van der Waals surface area contributed by atoms with E-state index in [0.29, 0.717) is 36.2 Å². The number of ether oxygens (including phenoxy) is 8. The van der Waals surface area contributed by atoms with Crippen LogP contribution < -0.4 is 28.4 Å². The van der Waals surface area contributed by atoms with E-state index in [0.717, 1.165) is 11.1 Å². The van der Waals surface area contributed by atoms with Crippen molar-refractivity contribution in [3.05, 3.63) is 59.2 Å². The van der Waals surface area contributed by atoms with Gasteiger partial charge in [0.2, 0.25) is 11.5 Å². The fourth-order valence-electron chi connectivity index (χ4n) is 6.04. The molecule has 238 valence electrons. The molecule has 3 aromatic carbocycles. The SMILES string of the molecule is COc1cc([C@@H]2OC[C@@H]3[C@H]2CO[C@H]3c2cc(OC)c(O[C@@H](CO)[C@H](O)c3cccc(O)c3OC)c(OC)c2)cc(OC)c1O. The Balaban J connectivity index is 1.41. The number of aliphatic hydroxyl groups excluding tert-OH is 2. The summed E-state index contributed by atoms with van der Waals surface area (Å²) in [5.41, 5.74) is 1.83. The van der Waals surface area contributed by atoms with E-state index in [1.807, 2.05) is 0 Å². The summed E-state index contributed by atoms with van der Waals surface area (Å²) in [6.45, 7) is 0.299. The van der Waals surface area contributed by atoms with Crippen LogP contribution >= 0.6 is 0 Å². The van der Waals surface area contributed by atoms with Crippen molar-refractivity contribution in [3.8, 4) is 46.0 Å². The molecule has 2 fully saturated rings. The van der Waals surface area contributed by atoms with Crippen LogP contribution in [0, 0.1) is 11.8 Å². The zero-order valence-electron chi connectivity index (χ0n) is 25.2. The number of aliphatic hydroxyl groups is 2. The number of fused-ring (bicyclic) bond motifs is 1. The van der Waals surface area contributed by atoms with Gasteiger partial charge < -0.3 is 58.3 Å². The lowest BCUT2D eigenvalue weighted by Gasteiger charge is -2.27. The van der Waals surface area contributed by atoms with Crippen molar-refractivity contribution in [2.75, 3.05) is 55.4 Å². The zero-order chi connectivity index (χ0) is 31.5.